The summed E-state index contributed by atoms with van der Waals surface area (Å²) in [4.78, 5) is 10.5. The van der Waals surface area contributed by atoms with Crippen molar-refractivity contribution in [3.63, 3.8) is 0 Å². The van der Waals surface area contributed by atoms with Crippen LogP contribution in [0.2, 0.25) is 0 Å². The van der Waals surface area contributed by atoms with Crippen LogP contribution in [0.5, 0.6) is 0 Å². The molecule has 3 N–H and O–H groups in total. The molecule has 0 aliphatic carbocycles. The van der Waals surface area contributed by atoms with Gasteiger partial charge in [0.05, 0.1) is 16.6 Å². The predicted octanol–water partition coefficient (Wildman–Crippen LogP) is 2.70. The standard InChI is InChI=1S/C15H14N4O2/c16-10-12-3-6-15(19(20)21)14(9-12)18-8-7-11-1-4-13(17)5-2-11/h1-6,9,18H,7-8,17H2. The molecule has 2 aromatic carbocycles. The number of nitriles is 1. The van der Waals surface area contributed by atoms with E-state index >= 15 is 0 Å². The van der Waals surface area contributed by atoms with Gasteiger partial charge in [0.2, 0.25) is 0 Å². The third-order valence-corrected chi connectivity index (χ3v) is 3.03. The Morgan fingerprint density at radius 3 is 2.57 bits per heavy atom. The van der Waals surface area contributed by atoms with Gasteiger partial charge in [-0.05, 0) is 36.2 Å². The molecular weight excluding hydrogens is 268 g/mol. The summed E-state index contributed by atoms with van der Waals surface area (Å²) in [5, 5.41) is 22.8. The Hall–Kier alpha value is -3.07. The van der Waals surface area contributed by atoms with Crippen LogP contribution in [0.3, 0.4) is 0 Å². The van der Waals surface area contributed by atoms with Gasteiger partial charge in [-0.1, -0.05) is 12.1 Å². The average molecular weight is 282 g/mol. The summed E-state index contributed by atoms with van der Waals surface area (Å²) in [7, 11) is 0. The molecule has 0 bridgehead atoms. The number of nitrogens with two attached hydrogens (primary N) is 1. The largest absolute Gasteiger partial charge is 0.399 e. The topological polar surface area (TPSA) is 105 Å². The molecule has 6 heteroatoms. The Labute approximate surface area is 122 Å². The molecule has 0 fully saturated rings. The maximum atomic E-state index is 11.0. The van der Waals surface area contributed by atoms with Crippen LogP contribution < -0.4 is 11.1 Å². The smallest absolute Gasteiger partial charge is 0.292 e. The normalized spacial score (nSPS) is 9.86. The molecule has 0 saturated heterocycles. The molecule has 0 unspecified atom stereocenters. The number of benzene rings is 2. The van der Waals surface area contributed by atoms with Crippen LogP contribution >= 0.6 is 0 Å². The molecule has 2 rings (SSSR count). The zero-order valence-electron chi connectivity index (χ0n) is 11.2. The predicted molar refractivity (Wildman–Crippen MR) is 80.9 cm³/mol. The number of nitro groups is 1. The van der Waals surface area contributed by atoms with E-state index in [2.05, 4.69) is 5.32 Å². The van der Waals surface area contributed by atoms with Gasteiger partial charge in [-0.15, -0.1) is 0 Å². The highest BCUT2D eigenvalue weighted by molar-refractivity contribution is 5.64. The van der Waals surface area contributed by atoms with E-state index in [4.69, 9.17) is 11.0 Å². The summed E-state index contributed by atoms with van der Waals surface area (Å²) in [5.41, 5.74) is 8.09. The van der Waals surface area contributed by atoms with Crippen molar-refractivity contribution in [3.8, 4) is 6.07 Å². The van der Waals surface area contributed by atoms with Crippen LogP contribution in [0.15, 0.2) is 42.5 Å². The molecule has 0 saturated carbocycles. The quantitative estimate of drug-likeness (QED) is 0.498. The highest BCUT2D eigenvalue weighted by Gasteiger charge is 2.13. The van der Waals surface area contributed by atoms with Crippen LogP contribution in [-0.2, 0) is 6.42 Å². The SMILES string of the molecule is N#Cc1ccc([N+](=O)[O-])c(NCCc2ccc(N)cc2)c1. The van der Waals surface area contributed by atoms with E-state index in [1.54, 1.807) is 0 Å². The van der Waals surface area contributed by atoms with Gasteiger partial charge in [0.1, 0.15) is 5.69 Å². The molecule has 6 nitrogen and oxygen atoms in total. The molecule has 0 atom stereocenters. The van der Waals surface area contributed by atoms with E-state index in [0.29, 0.717) is 29.9 Å². The highest BCUT2D eigenvalue weighted by Crippen LogP contribution is 2.25. The van der Waals surface area contributed by atoms with Gasteiger partial charge in [0.25, 0.3) is 5.69 Å². The Morgan fingerprint density at radius 1 is 1.24 bits per heavy atom. The van der Waals surface area contributed by atoms with Gasteiger partial charge in [0.15, 0.2) is 0 Å². The van der Waals surface area contributed by atoms with E-state index < -0.39 is 4.92 Å². The van der Waals surface area contributed by atoms with E-state index in [1.807, 2.05) is 30.3 Å². The first-order valence-corrected chi connectivity index (χ1v) is 6.37. The lowest BCUT2D eigenvalue weighted by Crippen LogP contribution is -2.07. The van der Waals surface area contributed by atoms with Crippen molar-refractivity contribution in [1.29, 1.82) is 5.26 Å². The fraction of sp³-hybridized carbons (Fsp3) is 0.133. The minimum absolute atomic E-state index is 0.0358. The molecular formula is C15H14N4O2. The number of nitrogens with zero attached hydrogens (tertiary/aromatic N) is 2. The Kier molecular flexibility index (Phi) is 4.36. The third-order valence-electron chi connectivity index (χ3n) is 3.03. The number of hydrogen-bond acceptors (Lipinski definition) is 5. The minimum Gasteiger partial charge on any atom is -0.399 e. The molecule has 0 amide bonds. The van der Waals surface area contributed by atoms with Crippen molar-refractivity contribution in [1.82, 2.24) is 0 Å². The Bertz CT molecular complexity index is 690. The monoisotopic (exact) mass is 282 g/mol. The fourth-order valence-electron chi connectivity index (χ4n) is 1.93. The van der Waals surface area contributed by atoms with E-state index in [-0.39, 0.29) is 5.69 Å². The van der Waals surface area contributed by atoms with Gasteiger partial charge in [0, 0.05) is 18.3 Å². The minimum atomic E-state index is -0.466. The molecule has 21 heavy (non-hydrogen) atoms. The summed E-state index contributed by atoms with van der Waals surface area (Å²) in [6, 6.07) is 13.7. The first-order valence-electron chi connectivity index (χ1n) is 6.37. The Morgan fingerprint density at radius 2 is 1.95 bits per heavy atom. The lowest BCUT2D eigenvalue weighted by molar-refractivity contribution is -0.384. The van der Waals surface area contributed by atoms with Crippen molar-refractivity contribution in [2.45, 2.75) is 6.42 Å². The summed E-state index contributed by atoms with van der Waals surface area (Å²) in [6.07, 6.45) is 0.703. The van der Waals surface area contributed by atoms with E-state index in [0.717, 1.165) is 5.56 Å². The van der Waals surface area contributed by atoms with Gasteiger partial charge < -0.3 is 11.1 Å². The van der Waals surface area contributed by atoms with Gasteiger partial charge in [-0.3, -0.25) is 10.1 Å². The summed E-state index contributed by atoms with van der Waals surface area (Å²) in [6.45, 7) is 0.527. The summed E-state index contributed by atoms with van der Waals surface area (Å²) < 4.78 is 0. The first kappa shape index (κ1) is 14.3. The van der Waals surface area contributed by atoms with Crippen LogP contribution in [0, 0.1) is 21.4 Å². The number of hydrogen-bond donors (Lipinski definition) is 2. The number of nitrogens with one attached hydrogen (secondary N) is 1. The maximum absolute atomic E-state index is 11.0. The Balaban J connectivity index is 2.06. The second-order valence-corrected chi connectivity index (χ2v) is 4.52. The van der Waals surface area contributed by atoms with Crippen LogP contribution in [-0.4, -0.2) is 11.5 Å². The molecule has 0 heterocycles. The molecule has 0 aliphatic heterocycles. The number of nitro benzene ring substituents is 1. The van der Waals surface area contributed by atoms with Crippen LogP contribution in [0.4, 0.5) is 17.1 Å². The molecule has 0 spiro atoms. The summed E-state index contributed by atoms with van der Waals surface area (Å²) in [5.74, 6) is 0. The maximum Gasteiger partial charge on any atom is 0.292 e. The van der Waals surface area contributed by atoms with Gasteiger partial charge >= 0.3 is 0 Å². The number of rotatable bonds is 5. The zero-order valence-corrected chi connectivity index (χ0v) is 11.2. The molecule has 2 aromatic rings. The number of anilines is 2. The second-order valence-electron chi connectivity index (χ2n) is 4.52. The van der Waals surface area contributed by atoms with Gasteiger partial charge in [-0.2, -0.15) is 5.26 Å². The zero-order chi connectivity index (χ0) is 15.2. The van der Waals surface area contributed by atoms with Crippen LogP contribution in [0.25, 0.3) is 0 Å². The van der Waals surface area contributed by atoms with Crippen molar-refractivity contribution >= 4 is 17.1 Å². The third kappa shape index (κ3) is 3.70. The van der Waals surface area contributed by atoms with Crippen molar-refractivity contribution in [2.75, 3.05) is 17.6 Å². The average Bonchev–Trinajstić information content (AvgIpc) is 2.49. The fourth-order valence-corrected chi connectivity index (χ4v) is 1.93. The molecule has 0 aliphatic rings. The van der Waals surface area contributed by atoms with Crippen molar-refractivity contribution in [3.05, 3.63) is 63.7 Å². The lowest BCUT2D eigenvalue weighted by atomic mass is 10.1. The molecule has 0 aromatic heterocycles. The van der Waals surface area contributed by atoms with Gasteiger partial charge in [-0.25, -0.2) is 0 Å². The highest BCUT2D eigenvalue weighted by atomic mass is 16.6. The van der Waals surface area contributed by atoms with E-state index in [1.165, 1.54) is 18.2 Å². The number of nitrogen functional groups attached to an aromatic ring is 1. The van der Waals surface area contributed by atoms with Crippen LogP contribution in [0.1, 0.15) is 11.1 Å². The first-order chi connectivity index (χ1) is 10.1. The second kappa shape index (κ2) is 6.39. The summed E-state index contributed by atoms with van der Waals surface area (Å²) >= 11 is 0. The molecule has 106 valence electrons. The molecule has 0 radical (unpaired) electrons. The van der Waals surface area contributed by atoms with Crippen molar-refractivity contribution in [2.24, 2.45) is 0 Å². The van der Waals surface area contributed by atoms with Crippen molar-refractivity contribution < 1.29 is 4.92 Å². The van der Waals surface area contributed by atoms with E-state index in [9.17, 15) is 10.1 Å². The lowest BCUT2D eigenvalue weighted by Gasteiger charge is -2.08.